The van der Waals surface area contributed by atoms with E-state index < -0.39 is 6.10 Å². The van der Waals surface area contributed by atoms with E-state index in [2.05, 4.69) is 67.5 Å². The second kappa shape index (κ2) is 8.20. The Morgan fingerprint density at radius 1 is 0.848 bits per heavy atom. The maximum Gasteiger partial charge on any atom is 0.0595 e. The largest absolute Gasteiger partial charge is 0.393 e. The molecule has 0 aromatic carbocycles. The summed E-state index contributed by atoms with van der Waals surface area (Å²) in [6.07, 6.45) is 10.2. The van der Waals surface area contributed by atoms with Gasteiger partial charge in [0.15, 0.2) is 0 Å². The Balaban J connectivity index is 1.71. The van der Waals surface area contributed by atoms with Crippen LogP contribution in [0.5, 0.6) is 0 Å². The molecule has 4 saturated carbocycles. The third-order valence-electron chi connectivity index (χ3n) is 11.8. The van der Waals surface area contributed by atoms with Gasteiger partial charge in [0, 0.05) is 0 Å². The Labute approximate surface area is 202 Å². The lowest BCUT2D eigenvalue weighted by molar-refractivity contribution is -0.270. The lowest BCUT2D eigenvalue weighted by Gasteiger charge is -2.71. The van der Waals surface area contributed by atoms with Gasteiger partial charge in [-0.15, -0.1) is 0 Å². The van der Waals surface area contributed by atoms with Gasteiger partial charge in [0.1, 0.15) is 0 Å². The SMILES string of the molecule is CC(C)=CC/C=C(/C)[C@H]1CC[C@]2(C)[C@@H]1[C@H](O)C[C@@H]1[C@]3(C)CC[C@@H](O)C(C)(C)[C@H]3[C@@H](O)C[C@]12C. The van der Waals surface area contributed by atoms with Crippen LogP contribution >= 0.6 is 0 Å². The summed E-state index contributed by atoms with van der Waals surface area (Å²) in [4.78, 5) is 0. The van der Waals surface area contributed by atoms with Gasteiger partial charge >= 0.3 is 0 Å². The molecule has 3 N–H and O–H groups in total. The number of hydrogen-bond donors (Lipinski definition) is 3. The first kappa shape index (κ1) is 25.5. The van der Waals surface area contributed by atoms with Crippen molar-refractivity contribution < 1.29 is 15.3 Å². The molecule has 4 rings (SSSR count). The van der Waals surface area contributed by atoms with Crippen molar-refractivity contribution in [1.82, 2.24) is 0 Å². The zero-order chi connectivity index (χ0) is 24.6. The minimum atomic E-state index is -0.401. The van der Waals surface area contributed by atoms with E-state index in [-0.39, 0.29) is 45.7 Å². The first-order chi connectivity index (χ1) is 15.2. The fourth-order valence-corrected chi connectivity index (χ4v) is 10.1. The molecule has 0 aromatic rings. The zero-order valence-electron chi connectivity index (χ0n) is 22.5. The highest BCUT2D eigenvalue weighted by Crippen LogP contribution is 2.75. The molecule has 0 spiro atoms. The van der Waals surface area contributed by atoms with Crippen LogP contribution in [0.15, 0.2) is 23.3 Å². The minimum absolute atomic E-state index is 0.00508. The van der Waals surface area contributed by atoms with Crippen LogP contribution in [0.25, 0.3) is 0 Å². The summed E-state index contributed by atoms with van der Waals surface area (Å²) < 4.78 is 0. The predicted molar refractivity (Wildman–Crippen MR) is 136 cm³/mol. The molecule has 0 radical (unpaired) electrons. The summed E-state index contributed by atoms with van der Waals surface area (Å²) in [6, 6.07) is 0. The summed E-state index contributed by atoms with van der Waals surface area (Å²) in [5, 5.41) is 34.3. The Morgan fingerprint density at radius 3 is 2.15 bits per heavy atom. The van der Waals surface area contributed by atoms with Crippen LogP contribution in [0.4, 0.5) is 0 Å². The third kappa shape index (κ3) is 3.54. The standard InChI is InChI=1S/C30H50O3/c1-18(2)10-9-11-19(3)20-12-15-29(7)25(20)21(31)16-23-28(6)14-13-24(33)27(4,5)26(28)22(32)17-30(23,29)8/h10-11,20-26,31-33H,9,12-17H2,1-8H3/b19-11-/t20-,21-,22+,23-,24-,25+,26-,28+,29-,30-/m1/s1. The molecule has 3 heteroatoms. The molecular formula is C30H50O3. The van der Waals surface area contributed by atoms with E-state index in [9.17, 15) is 15.3 Å². The van der Waals surface area contributed by atoms with Gasteiger partial charge in [-0.3, -0.25) is 0 Å². The van der Waals surface area contributed by atoms with Crippen LogP contribution in [-0.2, 0) is 0 Å². The molecule has 10 atom stereocenters. The Bertz CT molecular complexity index is 822. The highest BCUT2D eigenvalue weighted by Gasteiger charge is 2.72. The van der Waals surface area contributed by atoms with Crippen molar-refractivity contribution in [3.05, 3.63) is 23.3 Å². The van der Waals surface area contributed by atoms with Gasteiger partial charge < -0.3 is 15.3 Å². The first-order valence-electron chi connectivity index (χ1n) is 13.5. The Hall–Kier alpha value is -0.640. The zero-order valence-corrected chi connectivity index (χ0v) is 22.5. The summed E-state index contributed by atoms with van der Waals surface area (Å²) >= 11 is 0. The topological polar surface area (TPSA) is 60.7 Å². The normalized spacial score (nSPS) is 51.4. The van der Waals surface area contributed by atoms with E-state index in [1.54, 1.807) is 0 Å². The van der Waals surface area contributed by atoms with Crippen LogP contribution in [0.3, 0.4) is 0 Å². The van der Waals surface area contributed by atoms with Gasteiger partial charge in [-0.25, -0.2) is 0 Å². The Kier molecular flexibility index (Phi) is 6.33. The maximum absolute atomic E-state index is 11.7. The van der Waals surface area contributed by atoms with Crippen molar-refractivity contribution >= 4 is 0 Å². The van der Waals surface area contributed by atoms with Crippen LogP contribution < -0.4 is 0 Å². The summed E-state index contributed by atoms with van der Waals surface area (Å²) in [5.74, 6) is 1.13. The van der Waals surface area contributed by atoms with Gasteiger partial charge in [0.2, 0.25) is 0 Å². The van der Waals surface area contributed by atoms with Gasteiger partial charge in [-0.2, -0.15) is 0 Å². The molecule has 4 aliphatic rings. The van der Waals surface area contributed by atoms with Crippen molar-refractivity contribution in [1.29, 1.82) is 0 Å². The molecular weight excluding hydrogens is 408 g/mol. The van der Waals surface area contributed by atoms with E-state index in [0.717, 1.165) is 44.9 Å². The average Bonchev–Trinajstić information content (AvgIpc) is 3.07. The third-order valence-corrected chi connectivity index (χ3v) is 11.8. The highest BCUT2D eigenvalue weighted by molar-refractivity contribution is 5.24. The van der Waals surface area contributed by atoms with Crippen molar-refractivity contribution in [3.63, 3.8) is 0 Å². The van der Waals surface area contributed by atoms with Crippen molar-refractivity contribution in [3.8, 4) is 0 Å². The number of fused-ring (bicyclic) bond motifs is 5. The van der Waals surface area contributed by atoms with Gasteiger partial charge in [-0.05, 0) is 111 Å². The average molecular weight is 459 g/mol. The maximum atomic E-state index is 11.7. The van der Waals surface area contributed by atoms with Crippen LogP contribution in [0.2, 0.25) is 0 Å². The number of rotatable bonds is 3. The molecule has 4 aliphatic carbocycles. The van der Waals surface area contributed by atoms with Crippen LogP contribution in [0.1, 0.15) is 100 Å². The molecule has 0 amide bonds. The first-order valence-corrected chi connectivity index (χ1v) is 13.5. The fraction of sp³-hybridized carbons (Fsp3) is 0.867. The van der Waals surface area contributed by atoms with Gasteiger partial charge in [-0.1, -0.05) is 57.9 Å². The molecule has 0 bridgehead atoms. The van der Waals surface area contributed by atoms with Gasteiger partial charge in [0.05, 0.1) is 18.3 Å². The highest BCUT2D eigenvalue weighted by atomic mass is 16.3. The fourth-order valence-electron chi connectivity index (χ4n) is 10.1. The number of aliphatic hydroxyl groups excluding tert-OH is 3. The summed E-state index contributed by atoms with van der Waals surface area (Å²) in [6.45, 7) is 18.1. The monoisotopic (exact) mass is 458 g/mol. The van der Waals surface area contributed by atoms with E-state index in [1.165, 1.54) is 11.1 Å². The lowest BCUT2D eigenvalue weighted by Crippen LogP contribution is -2.69. The summed E-state index contributed by atoms with van der Waals surface area (Å²) in [7, 11) is 0. The number of hydrogen-bond acceptors (Lipinski definition) is 3. The smallest absolute Gasteiger partial charge is 0.0595 e. The van der Waals surface area contributed by atoms with Crippen LogP contribution in [0, 0.1) is 45.3 Å². The van der Waals surface area contributed by atoms with E-state index in [4.69, 9.17) is 0 Å². The molecule has 188 valence electrons. The van der Waals surface area contributed by atoms with E-state index in [1.807, 2.05) is 0 Å². The molecule has 0 heterocycles. The Morgan fingerprint density at radius 2 is 1.52 bits per heavy atom. The van der Waals surface area contributed by atoms with Crippen molar-refractivity contribution in [2.75, 3.05) is 0 Å². The molecule has 33 heavy (non-hydrogen) atoms. The summed E-state index contributed by atoms with van der Waals surface area (Å²) in [5.41, 5.74) is 2.43. The van der Waals surface area contributed by atoms with Crippen molar-refractivity contribution in [2.45, 2.75) is 119 Å². The molecule has 4 fully saturated rings. The minimum Gasteiger partial charge on any atom is -0.393 e. The molecule has 0 aromatic heterocycles. The van der Waals surface area contributed by atoms with E-state index in [0.29, 0.717) is 11.8 Å². The molecule has 0 aliphatic heterocycles. The quantitative estimate of drug-likeness (QED) is 0.436. The molecule has 0 unspecified atom stereocenters. The predicted octanol–water partition coefficient (Wildman–Crippen LogP) is 6.28. The lowest BCUT2D eigenvalue weighted by atomic mass is 9.34. The molecule has 0 saturated heterocycles. The second-order valence-corrected chi connectivity index (χ2v) is 14.0. The second-order valence-electron chi connectivity index (χ2n) is 14.0. The van der Waals surface area contributed by atoms with E-state index >= 15 is 0 Å². The van der Waals surface area contributed by atoms with Crippen LogP contribution in [-0.4, -0.2) is 33.6 Å². The number of allylic oxidation sites excluding steroid dienone is 4. The number of aliphatic hydroxyl groups is 3. The van der Waals surface area contributed by atoms with Crippen molar-refractivity contribution in [2.24, 2.45) is 45.3 Å². The molecule has 3 nitrogen and oxygen atoms in total. The van der Waals surface area contributed by atoms with Gasteiger partial charge in [0.25, 0.3) is 0 Å².